The number of hydrazine groups is 1. The Hall–Kier alpha value is -2.45. The van der Waals surface area contributed by atoms with Gasteiger partial charge in [0, 0.05) is 57.3 Å². The highest BCUT2D eigenvalue weighted by molar-refractivity contribution is 5.96. The molecule has 5 fully saturated rings. The summed E-state index contributed by atoms with van der Waals surface area (Å²) in [5.74, 6) is -1.52. The number of rotatable bonds is 4. The second kappa shape index (κ2) is 9.94. The molecule has 5 heterocycles. The van der Waals surface area contributed by atoms with Gasteiger partial charge in [0.2, 0.25) is 11.8 Å². The first kappa shape index (κ1) is 25.8. The van der Waals surface area contributed by atoms with Crippen molar-refractivity contribution in [2.24, 2.45) is 17.6 Å². The molecule has 6 rings (SSSR count). The number of hydrogen-bond acceptors (Lipinski definition) is 9. The van der Waals surface area contributed by atoms with Gasteiger partial charge < -0.3 is 20.9 Å². The van der Waals surface area contributed by atoms with Gasteiger partial charge in [0.25, 0.3) is 0 Å². The van der Waals surface area contributed by atoms with Crippen LogP contribution in [0.3, 0.4) is 0 Å². The van der Waals surface area contributed by atoms with E-state index in [1.807, 2.05) is 9.80 Å². The number of pyridine rings is 1. The van der Waals surface area contributed by atoms with Gasteiger partial charge in [-0.2, -0.15) is 0 Å². The standard InChI is InChI=1S/C25H37F2N9O2/c1-33-8-9-35(14-25(33)4-5-25)24(38)15-2-6-34(7-3-15)20-17(27)11-29-12-18(20)31-23(37)19-21(28)32-36-13-16(26)10-30-22(19)36/h11-12,15-16,19,21-22,30,32H,2-10,13-14,28H2,1H3,(H,31,37). The molecule has 208 valence electrons. The highest BCUT2D eigenvalue weighted by Gasteiger charge is 2.51. The summed E-state index contributed by atoms with van der Waals surface area (Å²) in [4.78, 5) is 36.8. The summed E-state index contributed by atoms with van der Waals surface area (Å²) in [6.07, 6.45) is 3.87. The number of carbonyl (C=O) groups is 2. The highest BCUT2D eigenvalue weighted by atomic mass is 19.1. The molecule has 0 bridgehead atoms. The van der Waals surface area contributed by atoms with Crippen LogP contribution in [0.25, 0.3) is 0 Å². The Labute approximate surface area is 221 Å². The molecule has 1 aromatic rings. The third-order valence-corrected chi connectivity index (χ3v) is 9.05. The van der Waals surface area contributed by atoms with Crippen LogP contribution in [0.15, 0.2) is 12.4 Å². The Morgan fingerprint density at radius 1 is 1.18 bits per heavy atom. The molecule has 4 saturated heterocycles. The molecule has 5 N–H and O–H groups in total. The Morgan fingerprint density at radius 2 is 1.95 bits per heavy atom. The van der Waals surface area contributed by atoms with Crippen LogP contribution >= 0.6 is 0 Å². The first-order valence-electron chi connectivity index (χ1n) is 13.6. The summed E-state index contributed by atoms with van der Waals surface area (Å²) in [5.41, 5.74) is 9.84. The SMILES string of the molecule is CN1CCN(C(=O)C2CCN(c3c(F)cncc3NC(=O)C3C(N)NN4CC(F)CNC34)CC2)CC12CC2. The van der Waals surface area contributed by atoms with Gasteiger partial charge in [0.15, 0.2) is 5.82 Å². The maximum atomic E-state index is 15.1. The minimum Gasteiger partial charge on any atom is -0.367 e. The summed E-state index contributed by atoms with van der Waals surface area (Å²) >= 11 is 0. The smallest absolute Gasteiger partial charge is 0.233 e. The molecule has 4 atom stereocenters. The Morgan fingerprint density at radius 3 is 2.68 bits per heavy atom. The van der Waals surface area contributed by atoms with Crippen LogP contribution in [0.4, 0.5) is 20.2 Å². The Balaban J connectivity index is 1.11. The molecule has 38 heavy (non-hydrogen) atoms. The van der Waals surface area contributed by atoms with Gasteiger partial charge in [-0.1, -0.05) is 0 Å². The average molecular weight is 534 g/mol. The number of carbonyl (C=O) groups excluding carboxylic acids is 2. The molecular formula is C25H37F2N9O2. The van der Waals surface area contributed by atoms with E-state index in [2.05, 4.69) is 33.0 Å². The normalized spacial score (nSPS) is 31.9. The Kier molecular flexibility index (Phi) is 6.75. The van der Waals surface area contributed by atoms with Gasteiger partial charge in [-0.15, -0.1) is 0 Å². The molecule has 1 aliphatic carbocycles. The summed E-state index contributed by atoms with van der Waals surface area (Å²) < 4.78 is 28.9. The van der Waals surface area contributed by atoms with E-state index >= 15 is 4.39 Å². The van der Waals surface area contributed by atoms with Crippen LogP contribution in [-0.2, 0) is 9.59 Å². The molecule has 1 spiro atoms. The molecule has 13 heteroatoms. The number of piperidine rings is 1. The van der Waals surface area contributed by atoms with Crippen molar-refractivity contribution in [2.45, 2.75) is 49.7 Å². The first-order chi connectivity index (χ1) is 18.3. The van der Waals surface area contributed by atoms with Gasteiger partial charge in [0.1, 0.15) is 11.9 Å². The van der Waals surface area contributed by atoms with Crippen molar-refractivity contribution in [1.29, 1.82) is 0 Å². The van der Waals surface area contributed by atoms with Crippen LogP contribution in [0.2, 0.25) is 0 Å². The monoisotopic (exact) mass is 533 g/mol. The molecule has 11 nitrogen and oxygen atoms in total. The topological polar surface area (TPSA) is 122 Å². The number of halogens is 2. The van der Waals surface area contributed by atoms with Crippen LogP contribution in [0.1, 0.15) is 25.7 Å². The van der Waals surface area contributed by atoms with Gasteiger partial charge >= 0.3 is 0 Å². The van der Waals surface area contributed by atoms with Gasteiger partial charge in [-0.25, -0.2) is 19.2 Å². The second-order valence-electron chi connectivity index (χ2n) is 11.5. The number of nitrogens with one attached hydrogen (secondary N) is 3. The quantitative estimate of drug-likeness (QED) is 0.412. The summed E-state index contributed by atoms with van der Waals surface area (Å²) in [7, 11) is 2.14. The molecule has 0 radical (unpaired) electrons. The number of nitrogens with zero attached hydrogens (tertiary/aromatic N) is 5. The zero-order chi connectivity index (χ0) is 26.6. The van der Waals surface area contributed by atoms with Crippen LogP contribution in [0, 0.1) is 17.7 Å². The fourth-order valence-corrected chi connectivity index (χ4v) is 6.58. The molecule has 2 amide bonds. The molecule has 0 aromatic carbocycles. The predicted molar refractivity (Wildman–Crippen MR) is 137 cm³/mol. The molecule has 5 aliphatic rings. The van der Waals surface area contributed by atoms with E-state index in [-0.39, 0.29) is 41.8 Å². The van der Waals surface area contributed by atoms with Crippen molar-refractivity contribution in [1.82, 2.24) is 30.5 Å². The van der Waals surface area contributed by atoms with Crippen molar-refractivity contribution in [3.05, 3.63) is 18.2 Å². The molecule has 4 aliphatic heterocycles. The van der Waals surface area contributed by atoms with E-state index in [0.29, 0.717) is 25.9 Å². The van der Waals surface area contributed by atoms with Crippen LogP contribution < -0.4 is 26.7 Å². The summed E-state index contributed by atoms with van der Waals surface area (Å²) in [6, 6.07) is 0. The molecule has 1 aromatic heterocycles. The van der Waals surface area contributed by atoms with Gasteiger partial charge in [0.05, 0.1) is 36.3 Å². The van der Waals surface area contributed by atoms with E-state index in [4.69, 9.17) is 5.73 Å². The van der Waals surface area contributed by atoms with Crippen molar-refractivity contribution >= 4 is 23.2 Å². The lowest BCUT2D eigenvalue weighted by Gasteiger charge is -2.42. The van der Waals surface area contributed by atoms with E-state index in [1.165, 1.54) is 6.20 Å². The van der Waals surface area contributed by atoms with Crippen molar-refractivity contribution in [3.8, 4) is 0 Å². The number of anilines is 2. The fraction of sp³-hybridized carbons (Fsp3) is 0.720. The summed E-state index contributed by atoms with van der Waals surface area (Å²) in [5, 5.41) is 7.47. The third-order valence-electron chi connectivity index (χ3n) is 9.05. The Bertz CT molecular complexity index is 1080. The van der Waals surface area contributed by atoms with E-state index in [1.54, 1.807) is 5.01 Å². The third kappa shape index (κ3) is 4.64. The van der Waals surface area contributed by atoms with E-state index in [9.17, 15) is 14.0 Å². The maximum Gasteiger partial charge on any atom is 0.233 e. The van der Waals surface area contributed by atoms with Crippen LogP contribution in [-0.4, -0.2) is 109 Å². The lowest BCUT2D eigenvalue weighted by Crippen LogP contribution is -2.58. The number of piperazine rings is 1. The molecule has 4 unspecified atom stereocenters. The predicted octanol–water partition coefficient (Wildman–Crippen LogP) is -0.329. The zero-order valence-corrected chi connectivity index (χ0v) is 21.7. The van der Waals surface area contributed by atoms with Crippen molar-refractivity contribution in [3.63, 3.8) is 0 Å². The zero-order valence-electron chi connectivity index (χ0n) is 21.7. The lowest BCUT2D eigenvalue weighted by atomic mass is 9.94. The minimum atomic E-state index is -1.06. The van der Waals surface area contributed by atoms with E-state index < -0.39 is 36.1 Å². The molecular weight excluding hydrogens is 496 g/mol. The number of aromatic nitrogens is 1. The minimum absolute atomic E-state index is 0.0846. The number of nitrogens with two attached hydrogens (primary N) is 1. The van der Waals surface area contributed by atoms with Gasteiger partial charge in [-0.3, -0.25) is 24.8 Å². The molecule has 1 saturated carbocycles. The van der Waals surface area contributed by atoms with Crippen LogP contribution in [0.5, 0.6) is 0 Å². The maximum absolute atomic E-state index is 15.1. The first-order valence-corrected chi connectivity index (χ1v) is 13.6. The number of alkyl halides is 1. The van der Waals surface area contributed by atoms with Crippen molar-refractivity contribution in [2.75, 3.05) is 63.1 Å². The van der Waals surface area contributed by atoms with Crippen molar-refractivity contribution < 1.29 is 18.4 Å². The largest absolute Gasteiger partial charge is 0.367 e. The number of hydrogen-bond donors (Lipinski definition) is 4. The number of likely N-dealkylation sites (N-methyl/N-ethyl adjacent to an activating group) is 1. The number of amides is 2. The second-order valence-corrected chi connectivity index (χ2v) is 11.5. The van der Waals surface area contributed by atoms with Gasteiger partial charge in [-0.05, 0) is 32.7 Å². The summed E-state index contributed by atoms with van der Waals surface area (Å²) in [6.45, 7) is 3.72. The lowest BCUT2D eigenvalue weighted by molar-refractivity contribution is -0.139. The van der Waals surface area contributed by atoms with E-state index in [0.717, 1.165) is 38.7 Å². The highest BCUT2D eigenvalue weighted by Crippen LogP contribution is 2.43. The fourth-order valence-electron chi connectivity index (χ4n) is 6.58. The number of fused-ring (bicyclic) bond motifs is 1. The average Bonchev–Trinajstić information content (AvgIpc) is 3.59.